The van der Waals surface area contributed by atoms with Crippen molar-refractivity contribution in [2.75, 3.05) is 6.54 Å². The minimum atomic E-state index is -0.0585. The zero-order chi connectivity index (χ0) is 17.2. The lowest BCUT2D eigenvalue weighted by Gasteiger charge is -2.34. The first-order valence-corrected chi connectivity index (χ1v) is 9.16. The normalized spacial score (nSPS) is 22.2. The SMILES string of the molecule is NC1CCCN(C(=O)C2CC2)/C1=C/c1cccc(-c2ccccc2)c1. The lowest BCUT2D eigenvalue weighted by Crippen LogP contribution is -2.44. The van der Waals surface area contributed by atoms with Gasteiger partial charge in [0, 0.05) is 24.2 Å². The largest absolute Gasteiger partial charge is 0.323 e. The van der Waals surface area contributed by atoms with Crippen LogP contribution in [0.3, 0.4) is 0 Å². The molecule has 2 aromatic rings. The number of nitrogens with zero attached hydrogens (tertiary/aromatic N) is 1. The van der Waals surface area contributed by atoms with Crippen molar-refractivity contribution in [3.05, 3.63) is 65.9 Å². The summed E-state index contributed by atoms with van der Waals surface area (Å²) in [6.45, 7) is 0.799. The van der Waals surface area contributed by atoms with Crippen LogP contribution in [0, 0.1) is 5.92 Å². The number of carbonyl (C=O) groups excluding carboxylic acids is 1. The number of hydrogen-bond donors (Lipinski definition) is 1. The second kappa shape index (κ2) is 6.85. The number of piperidine rings is 1. The van der Waals surface area contributed by atoms with Crippen molar-refractivity contribution in [3.8, 4) is 11.1 Å². The standard InChI is InChI=1S/C22H24N2O/c23-20-10-5-13-24(22(25)18-11-12-18)21(20)15-16-6-4-9-19(14-16)17-7-2-1-3-8-17/h1-4,6-9,14-15,18,20H,5,10-13,23H2/b21-15+. The maximum absolute atomic E-state index is 12.6. The molecule has 1 heterocycles. The monoisotopic (exact) mass is 332 g/mol. The number of nitrogens with two attached hydrogens (primary N) is 1. The van der Waals surface area contributed by atoms with Crippen molar-refractivity contribution in [2.45, 2.75) is 31.7 Å². The summed E-state index contributed by atoms with van der Waals surface area (Å²) in [5.74, 6) is 0.491. The molecule has 0 bridgehead atoms. The van der Waals surface area contributed by atoms with Gasteiger partial charge in [0.1, 0.15) is 0 Å². The highest BCUT2D eigenvalue weighted by molar-refractivity contribution is 5.84. The van der Waals surface area contributed by atoms with E-state index >= 15 is 0 Å². The molecule has 0 aromatic heterocycles. The maximum atomic E-state index is 12.6. The molecule has 2 aromatic carbocycles. The molecule has 1 aliphatic heterocycles. The summed E-state index contributed by atoms with van der Waals surface area (Å²) in [6, 6.07) is 18.7. The second-order valence-corrected chi connectivity index (χ2v) is 7.07. The van der Waals surface area contributed by atoms with Gasteiger partial charge >= 0.3 is 0 Å². The van der Waals surface area contributed by atoms with E-state index in [9.17, 15) is 4.79 Å². The Morgan fingerprint density at radius 3 is 2.52 bits per heavy atom. The lowest BCUT2D eigenvalue weighted by molar-refractivity contribution is -0.131. The number of hydrogen-bond acceptors (Lipinski definition) is 2. The topological polar surface area (TPSA) is 46.3 Å². The molecule has 1 aliphatic carbocycles. The Bertz CT molecular complexity index is 793. The van der Waals surface area contributed by atoms with E-state index in [4.69, 9.17) is 5.73 Å². The third kappa shape index (κ3) is 3.52. The van der Waals surface area contributed by atoms with Crippen molar-refractivity contribution in [1.29, 1.82) is 0 Å². The Balaban J connectivity index is 1.66. The van der Waals surface area contributed by atoms with Gasteiger partial charge < -0.3 is 10.6 Å². The Morgan fingerprint density at radius 1 is 1.00 bits per heavy atom. The summed E-state index contributed by atoms with van der Waals surface area (Å²) in [6.07, 6.45) is 6.10. The van der Waals surface area contributed by atoms with E-state index in [1.165, 1.54) is 11.1 Å². The fraction of sp³-hybridized carbons (Fsp3) is 0.318. The Hall–Kier alpha value is -2.39. The van der Waals surface area contributed by atoms with Crippen molar-refractivity contribution >= 4 is 12.0 Å². The molecular weight excluding hydrogens is 308 g/mol. The van der Waals surface area contributed by atoms with Gasteiger partial charge in [-0.2, -0.15) is 0 Å². The van der Waals surface area contributed by atoms with Gasteiger partial charge in [0.2, 0.25) is 5.91 Å². The Labute approximate surface area is 149 Å². The number of benzene rings is 2. The summed E-state index contributed by atoms with van der Waals surface area (Å²) in [5.41, 5.74) is 10.8. The quantitative estimate of drug-likeness (QED) is 0.921. The van der Waals surface area contributed by atoms with Gasteiger partial charge in [-0.1, -0.05) is 48.5 Å². The summed E-state index contributed by atoms with van der Waals surface area (Å²) in [7, 11) is 0. The summed E-state index contributed by atoms with van der Waals surface area (Å²) in [5, 5.41) is 0. The first-order valence-electron chi connectivity index (χ1n) is 9.16. The summed E-state index contributed by atoms with van der Waals surface area (Å²) < 4.78 is 0. The van der Waals surface area contributed by atoms with E-state index in [1.54, 1.807) is 0 Å². The van der Waals surface area contributed by atoms with Crippen LogP contribution in [0.4, 0.5) is 0 Å². The van der Waals surface area contributed by atoms with E-state index < -0.39 is 0 Å². The number of rotatable bonds is 3. The van der Waals surface area contributed by atoms with Crippen LogP contribution in [0.15, 0.2) is 60.3 Å². The first kappa shape index (κ1) is 16.1. The van der Waals surface area contributed by atoms with Crippen molar-refractivity contribution in [1.82, 2.24) is 4.90 Å². The van der Waals surface area contributed by atoms with Crippen LogP contribution in [0.5, 0.6) is 0 Å². The summed E-state index contributed by atoms with van der Waals surface area (Å²) in [4.78, 5) is 14.6. The van der Waals surface area contributed by atoms with E-state index in [1.807, 2.05) is 23.1 Å². The van der Waals surface area contributed by atoms with E-state index in [0.29, 0.717) is 0 Å². The molecule has 1 saturated heterocycles. The summed E-state index contributed by atoms with van der Waals surface area (Å²) >= 11 is 0. The molecule has 2 fully saturated rings. The minimum absolute atomic E-state index is 0.0585. The highest BCUT2D eigenvalue weighted by atomic mass is 16.2. The number of amides is 1. The molecule has 3 nitrogen and oxygen atoms in total. The molecule has 25 heavy (non-hydrogen) atoms. The molecule has 3 heteroatoms. The van der Waals surface area contributed by atoms with E-state index in [0.717, 1.165) is 43.5 Å². The van der Waals surface area contributed by atoms with Gasteiger partial charge in [0.05, 0.1) is 0 Å². The Morgan fingerprint density at radius 2 is 1.76 bits per heavy atom. The molecule has 0 spiro atoms. The van der Waals surface area contributed by atoms with Gasteiger partial charge in [-0.3, -0.25) is 4.79 Å². The molecular formula is C22H24N2O. The third-order valence-corrected chi connectivity index (χ3v) is 5.09. The van der Waals surface area contributed by atoms with Crippen LogP contribution < -0.4 is 5.73 Å². The van der Waals surface area contributed by atoms with Crippen LogP contribution >= 0.6 is 0 Å². The van der Waals surface area contributed by atoms with Gasteiger partial charge in [-0.05, 0) is 54.5 Å². The van der Waals surface area contributed by atoms with Gasteiger partial charge in [-0.25, -0.2) is 0 Å². The maximum Gasteiger partial charge on any atom is 0.229 e. The molecule has 1 atom stereocenters. The third-order valence-electron chi connectivity index (χ3n) is 5.09. The zero-order valence-electron chi connectivity index (χ0n) is 14.4. The van der Waals surface area contributed by atoms with Crippen LogP contribution in [0.2, 0.25) is 0 Å². The lowest BCUT2D eigenvalue weighted by atomic mass is 9.97. The van der Waals surface area contributed by atoms with Crippen molar-refractivity contribution in [3.63, 3.8) is 0 Å². The average molecular weight is 332 g/mol. The smallest absolute Gasteiger partial charge is 0.229 e. The fourth-order valence-electron chi connectivity index (χ4n) is 3.53. The van der Waals surface area contributed by atoms with E-state index in [2.05, 4.69) is 42.5 Å². The molecule has 2 aliphatic rings. The van der Waals surface area contributed by atoms with Gasteiger partial charge in [0.15, 0.2) is 0 Å². The number of likely N-dealkylation sites (tertiary alicyclic amines) is 1. The highest BCUT2D eigenvalue weighted by Crippen LogP contribution is 2.34. The van der Waals surface area contributed by atoms with Crippen molar-refractivity contribution < 1.29 is 4.79 Å². The van der Waals surface area contributed by atoms with E-state index in [-0.39, 0.29) is 17.9 Å². The molecule has 1 unspecified atom stereocenters. The molecule has 4 rings (SSSR count). The Kier molecular flexibility index (Phi) is 4.41. The van der Waals surface area contributed by atoms with Crippen LogP contribution in [-0.4, -0.2) is 23.4 Å². The predicted octanol–water partition coefficient (Wildman–Crippen LogP) is 4.05. The molecule has 128 valence electrons. The fourth-order valence-corrected chi connectivity index (χ4v) is 3.53. The average Bonchev–Trinajstić information content (AvgIpc) is 3.49. The molecule has 1 saturated carbocycles. The zero-order valence-corrected chi connectivity index (χ0v) is 14.4. The predicted molar refractivity (Wildman–Crippen MR) is 102 cm³/mol. The van der Waals surface area contributed by atoms with Crippen LogP contribution in [0.1, 0.15) is 31.2 Å². The van der Waals surface area contributed by atoms with Crippen molar-refractivity contribution in [2.24, 2.45) is 11.7 Å². The van der Waals surface area contributed by atoms with Gasteiger partial charge in [0.25, 0.3) is 0 Å². The number of carbonyl (C=O) groups is 1. The minimum Gasteiger partial charge on any atom is -0.323 e. The van der Waals surface area contributed by atoms with Crippen LogP contribution in [-0.2, 0) is 4.79 Å². The van der Waals surface area contributed by atoms with Crippen LogP contribution in [0.25, 0.3) is 17.2 Å². The molecule has 0 radical (unpaired) electrons. The van der Waals surface area contributed by atoms with Gasteiger partial charge in [-0.15, -0.1) is 0 Å². The first-order chi connectivity index (χ1) is 12.2. The highest BCUT2D eigenvalue weighted by Gasteiger charge is 2.37. The molecule has 2 N–H and O–H groups in total. The molecule has 1 amide bonds. The second-order valence-electron chi connectivity index (χ2n) is 7.07.